The molecule has 28 heavy (non-hydrogen) atoms. The number of hydrogen-bond acceptors (Lipinski definition) is 7. The smallest absolute Gasteiger partial charge is 0.237 e. The van der Waals surface area contributed by atoms with Crippen molar-refractivity contribution in [3.63, 3.8) is 0 Å². The third-order valence-electron chi connectivity index (χ3n) is 5.96. The number of aromatic nitrogens is 1. The third kappa shape index (κ3) is 3.12. The molecule has 0 radical (unpaired) electrons. The summed E-state index contributed by atoms with van der Waals surface area (Å²) in [5.74, 6) is 2.21. The molecule has 8 nitrogen and oxygen atoms in total. The summed E-state index contributed by atoms with van der Waals surface area (Å²) in [5.41, 5.74) is 1.65. The largest absolute Gasteiger partial charge is 0.486 e. The second kappa shape index (κ2) is 7.10. The van der Waals surface area contributed by atoms with Crippen molar-refractivity contribution < 1.29 is 18.8 Å². The number of fused-ring (bicyclic) bond motifs is 1. The second-order valence-corrected chi connectivity index (χ2v) is 7.69. The number of hydrogen-bond donors (Lipinski definition) is 3. The van der Waals surface area contributed by atoms with Crippen molar-refractivity contribution in [3.05, 3.63) is 30.0 Å². The zero-order valence-corrected chi connectivity index (χ0v) is 15.6. The van der Waals surface area contributed by atoms with Gasteiger partial charge < -0.3 is 24.6 Å². The Morgan fingerprint density at radius 3 is 2.82 bits per heavy atom. The Labute approximate surface area is 162 Å². The molecule has 3 N–H and O–H groups in total. The minimum absolute atomic E-state index is 0.00920. The number of nitrogens with one attached hydrogen (secondary N) is 3. The van der Waals surface area contributed by atoms with Gasteiger partial charge in [-0.3, -0.25) is 10.1 Å². The van der Waals surface area contributed by atoms with Crippen molar-refractivity contribution in [2.24, 2.45) is 5.41 Å². The molecule has 0 saturated carbocycles. The van der Waals surface area contributed by atoms with Crippen LogP contribution in [0, 0.1) is 5.41 Å². The first-order valence-corrected chi connectivity index (χ1v) is 9.81. The minimum atomic E-state index is -0.191. The number of carbonyl (C=O) groups excluding carboxylic acids is 1. The van der Waals surface area contributed by atoms with Crippen LogP contribution in [-0.4, -0.2) is 50.0 Å². The molecule has 2 aromatic rings. The standard InChI is InChI=1S/C20H24N4O4/c25-19-18(20(12-23-19)3-5-21-6-4-20)22-11-14-10-16(28-24-14)13-1-2-15-17(9-13)27-8-7-26-15/h1-2,9-10,18,21-22H,3-8,11-12H2,(H,23,25). The summed E-state index contributed by atoms with van der Waals surface area (Å²) < 4.78 is 16.7. The topological polar surface area (TPSA) is 97.7 Å². The molecule has 3 aliphatic rings. The van der Waals surface area contributed by atoms with Crippen LogP contribution in [0.1, 0.15) is 18.5 Å². The summed E-state index contributed by atoms with van der Waals surface area (Å²) in [4.78, 5) is 12.4. The van der Waals surface area contributed by atoms with Gasteiger partial charge in [-0.25, -0.2) is 0 Å². The molecule has 2 fully saturated rings. The summed E-state index contributed by atoms with van der Waals surface area (Å²) in [6.07, 6.45) is 1.98. The Morgan fingerprint density at radius 1 is 1.14 bits per heavy atom. The molecule has 8 heteroatoms. The normalized spacial score (nSPS) is 23.0. The van der Waals surface area contributed by atoms with Gasteiger partial charge in [-0.1, -0.05) is 5.16 Å². The van der Waals surface area contributed by atoms with Crippen molar-refractivity contribution in [3.8, 4) is 22.8 Å². The summed E-state index contributed by atoms with van der Waals surface area (Å²) in [6, 6.07) is 7.43. The van der Waals surface area contributed by atoms with Gasteiger partial charge in [-0.2, -0.15) is 0 Å². The van der Waals surface area contributed by atoms with Gasteiger partial charge >= 0.3 is 0 Å². The SMILES string of the molecule is O=C1NCC2(CCNCC2)C1NCc1cc(-c2ccc3c(c2)OCCO3)on1. The van der Waals surface area contributed by atoms with Gasteiger partial charge in [0.1, 0.15) is 13.2 Å². The quantitative estimate of drug-likeness (QED) is 0.725. The van der Waals surface area contributed by atoms with E-state index in [2.05, 4.69) is 21.1 Å². The van der Waals surface area contributed by atoms with E-state index in [0.29, 0.717) is 25.5 Å². The zero-order chi connectivity index (χ0) is 19.0. The lowest BCUT2D eigenvalue weighted by atomic mass is 9.75. The van der Waals surface area contributed by atoms with Crippen molar-refractivity contribution in [1.29, 1.82) is 0 Å². The van der Waals surface area contributed by atoms with Gasteiger partial charge in [0.05, 0.1) is 11.7 Å². The molecule has 5 rings (SSSR count). The van der Waals surface area contributed by atoms with E-state index >= 15 is 0 Å². The number of carbonyl (C=O) groups is 1. The molecule has 1 aromatic carbocycles. The van der Waals surface area contributed by atoms with E-state index in [1.165, 1.54) is 0 Å². The highest BCUT2D eigenvalue weighted by Gasteiger charge is 2.48. The van der Waals surface area contributed by atoms with Gasteiger partial charge in [-0.15, -0.1) is 0 Å². The maximum absolute atomic E-state index is 12.4. The summed E-state index contributed by atoms with van der Waals surface area (Å²) in [5, 5.41) is 14.0. The van der Waals surface area contributed by atoms with E-state index in [1.807, 2.05) is 24.3 Å². The fraction of sp³-hybridized carbons (Fsp3) is 0.500. The van der Waals surface area contributed by atoms with Crippen molar-refractivity contribution in [2.75, 3.05) is 32.8 Å². The Kier molecular flexibility index (Phi) is 4.44. The lowest BCUT2D eigenvalue weighted by Crippen LogP contribution is -2.51. The molecule has 1 atom stereocenters. The molecule has 3 aliphatic heterocycles. The first-order chi connectivity index (χ1) is 13.7. The molecule has 0 bridgehead atoms. The Balaban J connectivity index is 1.28. The number of benzene rings is 1. The maximum atomic E-state index is 12.4. The monoisotopic (exact) mass is 384 g/mol. The van der Waals surface area contributed by atoms with Crippen LogP contribution in [0.2, 0.25) is 0 Å². The number of amides is 1. The molecule has 1 amide bonds. The zero-order valence-electron chi connectivity index (χ0n) is 15.6. The predicted octanol–water partition coefficient (Wildman–Crippen LogP) is 1.07. The lowest BCUT2D eigenvalue weighted by molar-refractivity contribution is -0.122. The van der Waals surface area contributed by atoms with Crippen LogP contribution in [0.15, 0.2) is 28.8 Å². The Morgan fingerprint density at radius 2 is 1.96 bits per heavy atom. The van der Waals surface area contributed by atoms with Gasteiger partial charge in [0.15, 0.2) is 17.3 Å². The van der Waals surface area contributed by atoms with E-state index in [-0.39, 0.29) is 17.4 Å². The second-order valence-electron chi connectivity index (χ2n) is 7.69. The van der Waals surface area contributed by atoms with Crippen molar-refractivity contribution in [2.45, 2.75) is 25.4 Å². The Hall–Kier alpha value is -2.58. The molecule has 148 valence electrons. The summed E-state index contributed by atoms with van der Waals surface area (Å²) in [6.45, 7) is 4.24. The highest BCUT2D eigenvalue weighted by molar-refractivity contribution is 5.85. The van der Waals surface area contributed by atoms with Crippen LogP contribution in [0.25, 0.3) is 11.3 Å². The third-order valence-corrected chi connectivity index (χ3v) is 5.96. The van der Waals surface area contributed by atoms with Crippen molar-refractivity contribution in [1.82, 2.24) is 21.1 Å². The fourth-order valence-corrected chi connectivity index (χ4v) is 4.38. The van der Waals surface area contributed by atoms with Crippen LogP contribution >= 0.6 is 0 Å². The maximum Gasteiger partial charge on any atom is 0.237 e. The first-order valence-electron chi connectivity index (χ1n) is 9.81. The average molecular weight is 384 g/mol. The van der Waals surface area contributed by atoms with Gasteiger partial charge in [0.2, 0.25) is 5.91 Å². The van der Waals surface area contributed by atoms with E-state index in [9.17, 15) is 4.79 Å². The van der Waals surface area contributed by atoms with Crippen LogP contribution in [0.3, 0.4) is 0 Å². The number of ether oxygens (including phenoxy) is 2. The van der Waals surface area contributed by atoms with E-state index in [4.69, 9.17) is 14.0 Å². The molecular formula is C20H24N4O4. The van der Waals surface area contributed by atoms with Gasteiger partial charge in [-0.05, 0) is 44.1 Å². The van der Waals surface area contributed by atoms with Gasteiger partial charge in [0.25, 0.3) is 0 Å². The number of nitrogens with zero attached hydrogens (tertiary/aromatic N) is 1. The van der Waals surface area contributed by atoms with Crippen molar-refractivity contribution >= 4 is 5.91 Å². The van der Waals surface area contributed by atoms with Crippen LogP contribution in [-0.2, 0) is 11.3 Å². The van der Waals surface area contributed by atoms with E-state index in [0.717, 1.165) is 55.2 Å². The summed E-state index contributed by atoms with van der Waals surface area (Å²) >= 11 is 0. The average Bonchev–Trinajstić information content (AvgIpc) is 3.32. The minimum Gasteiger partial charge on any atom is -0.486 e. The van der Waals surface area contributed by atoms with Crippen LogP contribution < -0.4 is 25.4 Å². The molecule has 4 heterocycles. The fourth-order valence-electron chi connectivity index (χ4n) is 4.38. The Bertz CT molecular complexity index is 875. The number of rotatable bonds is 4. The predicted molar refractivity (Wildman–Crippen MR) is 101 cm³/mol. The molecule has 1 spiro atoms. The molecule has 1 aromatic heterocycles. The molecule has 1 unspecified atom stereocenters. The number of piperidine rings is 1. The van der Waals surface area contributed by atoms with E-state index in [1.54, 1.807) is 0 Å². The highest BCUT2D eigenvalue weighted by Crippen LogP contribution is 2.37. The van der Waals surface area contributed by atoms with Crippen LogP contribution in [0.4, 0.5) is 0 Å². The summed E-state index contributed by atoms with van der Waals surface area (Å²) in [7, 11) is 0. The molecule has 0 aliphatic carbocycles. The molecular weight excluding hydrogens is 360 g/mol. The van der Waals surface area contributed by atoms with E-state index < -0.39 is 0 Å². The molecule has 2 saturated heterocycles. The first kappa shape index (κ1) is 17.5. The highest BCUT2D eigenvalue weighted by atomic mass is 16.6. The van der Waals surface area contributed by atoms with Crippen LogP contribution in [0.5, 0.6) is 11.5 Å². The lowest BCUT2D eigenvalue weighted by Gasteiger charge is -2.37. The van der Waals surface area contributed by atoms with Gasteiger partial charge in [0, 0.05) is 30.1 Å².